The van der Waals surface area contributed by atoms with E-state index in [-0.39, 0.29) is 4.90 Å². The minimum atomic E-state index is -3.43. The van der Waals surface area contributed by atoms with Gasteiger partial charge in [-0.15, -0.1) is 0 Å². The molecule has 1 aromatic rings. The molecule has 0 spiro atoms. The van der Waals surface area contributed by atoms with Crippen LogP contribution in [0.2, 0.25) is 0 Å². The molecule has 0 radical (unpaired) electrons. The summed E-state index contributed by atoms with van der Waals surface area (Å²) in [5.41, 5.74) is 0.472. The van der Waals surface area contributed by atoms with Crippen LogP contribution in [-0.4, -0.2) is 25.8 Å². The molecule has 2 atom stereocenters. The number of hydrogen-bond donors (Lipinski definition) is 0. The van der Waals surface area contributed by atoms with Crippen molar-refractivity contribution in [2.24, 2.45) is 11.8 Å². The van der Waals surface area contributed by atoms with Crippen molar-refractivity contribution in [3.63, 3.8) is 0 Å². The molecule has 102 valence electrons. The highest BCUT2D eigenvalue weighted by atomic mass is 32.2. The standard InChI is InChI=1S/C14H18N2O2S/c1-11-7-12(2)10-16(9-11)19(17,18)14-5-3-13(8-15)4-6-14/h3-6,11-12H,7,9-10H2,1-2H3/t11-,12-/m0/s1. The second-order valence-electron chi connectivity index (χ2n) is 5.40. The minimum Gasteiger partial charge on any atom is -0.207 e. The van der Waals surface area contributed by atoms with Gasteiger partial charge in [-0.3, -0.25) is 0 Å². The van der Waals surface area contributed by atoms with Gasteiger partial charge >= 0.3 is 0 Å². The number of rotatable bonds is 2. The highest BCUT2D eigenvalue weighted by Crippen LogP contribution is 2.26. The Bertz CT molecular complexity index is 577. The van der Waals surface area contributed by atoms with Crippen molar-refractivity contribution in [3.05, 3.63) is 29.8 Å². The van der Waals surface area contributed by atoms with E-state index in [9.17, 15) is 8.42 Å². The number of hydrogen-bond acceptors (Lipinski definition) is 3. The molecular formula is C14H18N2O2S. The zero-order valence-corrected chi connectivity index (χ0v) is 12.0. The number of sulfonamides is 1. The van der Waals surface area contributed by atoms with Crippen molar-refractivity contribution >= 4 is 10.0 Å². The van der Waals surface area contributed by atoms with Gasteiger partial charge in [0, 0.05) is 13.1 Å². The Morgan fingerprint density at radius 2 is 1.68 bits per heavy atom. The molecule has 2 rings (SSSR count). The van der Waals surface area contributed by atoms with Crippen molar-refractivity contribution in [3.8, 4) is 6.07 Å². The van der Waals surface area contributed by atoms with Crippen molar-refractivity contribution in [1.29, 1.82) is 5.26 Å². The first kappa shape index (κ1) is 14.0. The van der Waals surface area contributed by atoms with E-state index in [1.165, 1.54) is 12.1 Å². The van der Waals surface area contributed by atoms with Crippen LogP contribution in [0.1, 0.15) is 25.8 Å². The number of nitrogens with zero attached hydrogens (tertiary/aromatic N) is 2. The second kappa shape index (κ2) is 5.32. The van der Waals surface area contributed by atoms with Gasteiger partial charge in [-0.1, -0.05) is 13.8 Å². The van der Waals surface area contributed by atoms with Gasteiger partial charge < -0.3 is 0 Å². The van der Waals surface area contributed by atoms with Crippen LogP contribution < -0.4 is 0 Å². The quantitative estimate of drug-likeness (QED) is 0.833. The predicted molar refractivity (Wildman–Crippen MR) is 72.9 cm³/mol. The van der Waals surface area contributed by atoms with Crippen molar-refractivity contribution in [2.45, 2.75) is 25.2 Å². The third kappa shape index (κ3) is 2.96. The fourth-order valence-corrected chi connectivity index (χ4v) is 4.33. The lowest BCUT2D eigenvalue weighted by atomic mass is 9.94. The fourth-order valence-electron chi connectivity index (χ4n) is 2.65. The molecule has 1 heterocycles. The Morgan fingerprint density at radius 1 is 1.16 bits per heavy atom. The van der Waals surface area contributed by atoms with Gasteiger partial charge in [0.25, 0.3) is 0 Å². The van der Waals surface area contributed by atoms with Crippen LogP contribution in [0.25, 0.3) is 0 Å². The third-order valence-electron chi connectivity index (χ3n) is 3.46. The first-order valence-electron chi connectivity index (χ1n) is 6.44. The highest BCUT2D eigenvalue weighted by molar-refractivity contribution is 7.89. The van der Waals surface area contributed by atoms with E-state index >= 15 is 0 Å². The van der Waals surface area contributed by atoms with E-state index in [1.54, 1.807) is 16.4 Å². The number of benzene rings is 1. The molecule has 0 aromatic heterocycles. The molecule has 0 bridgehead atoms. The highest BCUT2D eigenvalue weighted by Gasteiger charge is 2.31. The third-order valence-corrected chi connectivity index (χ3v) is 5.30. The Kier molecular flexibility index (Phi) is 3.93. The van der Waals surface area contributed by atoms with Crippen LogP contribution in [0.4, 0.5) is 0 Å². The van der Waals surface area contributed by atoms with Gasteiger partial charge in [-0.2, -0.15) is 9.57 Å². The van der Waals surface area contributed by atoms with E-state index in [2.05, 4.69) is 13.8 Å². The maximum atomic E-state index is 12.5. The lowest BCUT2D eigenvalue weighted by Gasteiger charge is -2.34. The Balaban J connectivity index is 2.28. The Labute approximate surface area is 114 Å². The maximum Gasteiger partial charge on any atom is 0.243 e. The van der Waals surface area contributed by atoms with Crippen LogP contribution in [-0.2, 0) is 10.0 Å². The molecule has 0 saturated carbocycles. The average molecular weight is 278 g/mol. The summed E-state index contributed by atoms with van der Waals surface area (Å²) < 4.78 is 26.6. The molecule has 1 saturated heterocycles. The van der Waals surface area contributed by atoms with Crippen molar-refractivity contribution in [1.82, 2.24) is 4.31 Å². The second-order valence-corrected chi connectivity index (χ2v) is 7.34. The molecular weight excluding hydrogens is 260 g/mol. The van der Waals surface area contributed by atoms with Crippen LogP contribution in [0.5, 0.6) is 0 Å². The maximum absolute atomic E-state index is 12.5. The topological polar surface area (TPSA) is 61.2 Å². The molecule has 4 nitrogen and oxygen atoms in total. The van der Waals surface area contributed by atoms with E-state index in [1.807, 2.05) is 6.07 Å². The average Bonchev–Trinajstić information content (AvgIpc) is 2.37. The predicted octanol–water partition coefficient (Wildman–Crippen LogP) is 2.22. The summed E-state index contributed by atoms with van der Waals surface area (Å²) in [4.78, 5) is 0.271. The van der Waals surface area contributed by atoms with Gasteiger partial charge in [0.1, 0.15) is 0 Å². The normalized spacial score (nSPS) is 24.9. The van der Waals surface area contributed by atoms with Crippen LogP contribution in [0.15, 0.2) is 29.2 Å². The molecule has 1 aliphatic heterocycles. The molecule has 0 unspecified atom stereocenters. The lowest BCUT2D eigenvalue weighted by Crippen LogP contribution is -2.42. The summed E-state index contributed by atoms with van der Waals surface area (Å²) in [7, 11) is -3.43. The van der Waals surface area contributed by atoms with Gasteiger partial charge in [-0.25, -0.2) is 8.42 Å². The zero-order chi connectivity index (χ0) is 14.0. The van der Waals surface area contributed by atoms with Gasteiger partial charge in [-0.05, 0) is 42.5 Å². The van der Waals surface area contributed by atoms with Gasteiger partial charge in [0.2, 0.25) is 10.0 Å². The summed E-state index contributed by atoms with van der Waals surface area (Å²) in [6.07, 6.45) is 1.07. The number of piperidine rings is 1. The molecule has 1 fully saturated rings. The summed E-state index contributed by atoms with van der Waals surface area (Å²) in [6.45, 7) is 5.31. The minimum absolute atomic E-state index is 0.271. The summed E-state index contributed by atoms with van der Waals surface area (Å²) in [5, 5.41) is 8.74. The summed E-state index contributed by atoms with van der Waals surface area (Å²) in [5.74, 6) is 0.772. The largest absolute Gasteiger partial charge is 0.243 e. The van der Waals surface area contributed by atoms with Crippen LogP contribution in [0, 0.1) is 23.2 Å². The molecule has 5 heteroatoms. The Hall–Kier alpha value is -1.38. The SMILES string of the molecule is C[C@H]1C[C@H](C)CN(S(=O)(=O)c2ccc(C#N)cc2)C1. The van der Waals surface area contributed by atoms with Crippen LogP contribution >= 0.6 is 0 Å². The van der Waals surface area contributed by atoms with Gasteiger partial charge in [0.05, 0.1) is 16.5 Å². The number of nitriles is 1. The van der Waals surface area contributed by atoms with Crippen molar-refractivity contribution < 1.29 is 8.42 Å². The van der Waals surface area contributed by atoms with E-state index in [0.717, 1.165) is 6.42 Å². The summed E-state index contributed by atoms with van der Waals surface area (Å²) in [6, 6.07) is 8.10. The Morgan fingerprint density at radius 3 is 2.16 bits per heavy atom. The molecule has 0 aliphatic carbocycles. The monoisotopic (exact) mass is 278 g/mol. The van der Waals surface area contributed by atoms with E-state index in [4.69, 9.17) is 5.26 Å². The molecule has 1 aliphatic rings. The fraction of sp³-hybridized carbons (Fsp3) is 0.500. The molecule has 1 aromatic carbocycles. The first-order valence-corrected chi connectivity index (χ1v) is 7.88. The van der Waals surface area contributed by atoms with E-state index < -0.39 is 10.0 Å². The lowest BCUT2D eigenvalue weighted by molar-refractivity contribution is 0.222. The zero-order valence-electron chi connectivity index (χ0n) is 11.2. The molecule has 0 amide bonds. The van der Waals surface area contributed by atoms with E-state index in [0.29, 0.717) is 30.5 Å². The van der Waals surface area contributed by atoms with Crippen LogP contribution in [0.3, 0.4) is 0 Å². The van der Waals surface area contributed by atoms with Crippen molar-refractivity contribution in [2.75, 3.05) is 13.1 Å². The molecule has 19 heavy (non-hydrogen) atoms. The first-order chi connectivity index (χ1) is 8.93. The molecule has 0 N–H and O–H groups in total. The summed E-state index contributed by atoms with van der Waals surface area (Å²) >= 11 is 0. The smallest absolute Gasteiger partial charge is 0.207 e. The van der Waals surface area contributed by atoms with Gasteiger partial charge in [0.15, 0.2) is 0 Å².